The normalized spacial score (nSPS) is 20.4. The van der Waals surface area contributed by atoms with Crippen LogP contribution in [0.25, 0.3) is 43.6 Å². The number of carbonyl (C=O) groups is 5. The first kappa shape index (κ1) is 86.9. The zero-order chi connectivity index (χ0) is 86.7. The fourth-order valence-electron chi connectivity index (χ4n) is 18.5. The summed E-state index contributed by atoms with van der Waals surface area (Å²) >= 11 is 15.9. The third-order valence-corrected chi connectivity index (χ3v) is 27.9. The molecule has 8 unspecified atom stereocenters. The van der Waals surface area contributed by atoms with Crippen molar-refractivity contribution in [1.82, 2.24) is 66.2 Å². The minimum Gasteiger partial charge on any atom is -0.497 e. The topological polar surface area (TPSA) is 289 Å². The van der Waals surface area contributed by atoms with E-state index in [0.29, 0.717) is 89.3 Å². The number of anilines is 1. The number of hydrogen-bond donors (Lipinski definition) is 10. The summed E-state index contributed by atoms with van der Waals surface area (Å²) in [6.45, 7) is 8.36. The molecule has 125 heavy (non-hydrogen) atoms. The van der Waals surface area contributed by atoms with Crippen LogP contribution in [0.2, 0.25) is 0 Å². The molecule has 8 atom stereocenters. The number of piperazine rings is 1. The number of morpholine rings is 1. The first-order valence-corrected chi connectivity index (χ1v) is 46.5. The van der Waals surface area contributed by atoms with Gasteiger partial charge in [-0.3, -0.25) is 45.2 Å². The van der Waals surface area contributed by atoms with E-state index in [2.05, 4.69) is 193 Å². The molecule has 29 heteroatoms. The monoisotopic (exact) mass is 1960 g/mol. The van der Waals surface area contributed by atoms with Crippen LogP contribution in [0.5, 0.6) is 23.0 Å². The standard InChI is InChI=1S/C25H27BrN4O3.C25H28BrN3O2.C23H21BrN4O2S.C23H24BrN3O3/c1-15(31)29-9-11-30(12-10-29)25(32)22-14-20-19-13-17(26)5-8-21(19)27-24(20)23(28-22)16-3-6-18(33-2)7-4-16;1-31-18-10-7-15(8-11-18)23-24-20(19-13-16(26)9-12-21(19)28-24)14-22(29-23)25(30)27-17-5-3-2-4-6-17;1-12-11-25-23(31-12)28-22(29)19-10-17-16-9-14(24)5-8-18(16)26-21(17)20(27-19)13-3-6-15(30-2)7-4-13;1-29-16-5-2-14(3-6-16)21-22-18(17-12-15(24)4-7-19(17)25-22)13-20(26-21)23(28)27-8-10-30-11-9-27/h3-8,13,22-23,27-28H,9-12,14H2,1-2H3;7-13,17,22-23,28-29H,2-6,14H2,1H3,(H,27,30);3-9,11,19-20,26-27H,10H2,1-2H3,(H,25,28,29);2-7,12,20-21,25-26H,8-11,13H2,1H3. The number of amides is 5. The Bertz CT molecular complexity index is 6100. The number of halogens is 4. The van der Waals surface area contributed by atoms with E-state index in [1.165, 1.54) is 58.1 Å². The minimum absolute atomic E-state index is 0.0615. The fraction of sp³-hybridized carbons (Fsp3) is 0.333. The number of thiazole rings is 1. The number of aromatic amines is 4. The maximum absolute atomic E-state index is 13.6. The smallest absolute Gasteiger partial charge is 0.243 e. The number of hydrogen-bond acceptors (Lipinski definition) is 16. The molecular weight excluding hydrogens is 1860 g/mol. The molecule has 20 rings (SSSR count). The molecule has 7 aliphatic rings. The van der Waals surface area contributed by atoms with Gasteiger partial charge in [-0.15, -0.1) is 11.3 Å². The van der Waals surface area contributed by atoms with E-state index in [4.69, 9.17) is 23.7 Å². The molecule has 648 valence electrons. The maximum atomic E-state index is 13.6. The van der Waals surface area contributed by atoms with E-state index in [1.54, 1.807) is 46.5 Å². The van der Waals surface area contributed by atoms with Gasteiger partial charge in [0, 0.05) is 148 Å². The largest absolute Gasteiger partial charge is 0.497 e. The number of aryl methyl sites for hydroxylation is 1. The Morgan fingerprint density at radius 2 is 0.736 bits per heavy atom. The molecule has 0 spiro atoms. The second-order valence-corrected chi connectivity index (χ2v) is 37.6. The van der Waals surface area contributed by atoms with Crippen LogP contribution in [0.15, 0.2) is 194 Å². The van der Waals surface area contributed by atoms with Crippen molar-refractivity contribution in [2.45, 2.75) is 126 Å². The van der Waals surface area contributed by atoms with Gasteiger partial charge in [0.1, 0.15) is 23.0 Å². The Morgan fingerprint density at radius 3 is 1.06 bits per heavy atom. The third kappa shape index (κ3) is 19.1. The Labute approximate surface area is 762 Å². The van der Waals surface area contributed by atoms with Crippen LogP contribution < -0.4 is 50.8 Å². The van der Waals surface area contributed by atoms with Crippen LogP contribution in [-0.4, -0.2) is 180 Å². The van der Waals surface area contributed by atoms with E-state index < -0.39 is 0 Å². The van der Waals surface area contributed by atoms with Gasteiger partial charge < -0.3 is 69.0 Å². The molecule has 24 nitrogen and oxygen atoms in total. The van der Waals surface area contributed by atoms with Crippen molar-refractivity contribution in [1.29, 1.82) is 0 Å². The molecule has 1 aliphatic carbocycles. The summed E-state index contributed by atoms with van der Waals surface area (Å²) in [6, 6.07) is 55.6. The van der Waals surface area contributed by atoms with E-state index in [-0.39, 0.29) is 77.9 Å². The molecule has 1 saturated carbocycles. The number of aromatic nitrogens is 5. The van der Waals surface area contributed by atoms with Crippen molar-refractivity contribution >= 4 is 153 Å². The first-order chi connectivity index (χ1) is 60.7. The van der Waals surface area contributed by atoms with Gasteiger partial charge in [0.2, 0.25) is 29.5 Å². The average Bonchev–Trinajstić information content (AvgIpc) is 1.62. The van der Waals surface area contributed by atoms with E-state index in [9.17, 15) is 24.0 Å². The van der Waals surface area contributed by atoms with Gasteiger partial charge in [-0.1, -0.05) is 132 Å². The average molecular weight is 1960 g/mol. The lowest BCUT2D eigenvalue weighted by Crippen LogP contribution is -2.56. The minimum atomic E-state index is -0.387. The molecular formula is C96H100Br4N14O10S. The number of methoxy groups -OCH3 is 4. The molecule has 5 aromatic heterocycles. The second kappa shape index (κ2) is 38.6. The molecule has 6 aliphatic heterocycles. The second-order valence-electron chi connectivity index (χ2n) is 32.7. The van der Waals surface area contributed by atoms with Crippen LogP contribution >= 0.6 is 75.1 Å². The van der Waals surface area contributed by atoms with Gasteiger partial charge in [0.05, 0.1) is 90.0 Å². The van der Waals surface area contributed by atoms with Crippen LogP contribution in [0.1, 0.15) is 135 Å². The van der Waals surface area contributed by atoms with Gasteiger partial charge >= 0.3 is 0 Å². The Balaban J connectivity index is 0.000000118. The van der Waals surface area contributed by atoms with Gasteiger partial charge in [-0.25, -0.2) is 4.98 Å². The molecule has 8 aromatic carbocycles. The maximum Gasteiger partial charge on any atom is 0.243 e. The third-order valence-electron chi connectivity index (χ3n) is 25.1. The molecule has 13 aromatic rings. The summed E-state index contributed by atoms with van der Waals surface area (Å²) in [4.78, 5) is 90.3. The van der Waals surface area contributed by atoms with Crippen LogP contribution in [-0.2, 0) is 54.4 Å². The molecule has 3 fully saturated rings. The predicted molar refractivity (Wildman–Crippen MR) is 503 cm³/mol. The highest BCUT2D eigenvalue weighted by Gasteiger charge is 2.41. The summed E-state index contributed by atoms with van der Waals surface area (Å²) < 4.78 is 30.8. The molecule has 5 amide bonds. The van der Waals surface area contributed by atoms with Gasteiger partial charge in [0.15, 0.2) is 5.13 Å². The van der Waals surface area contributed by atoms with Gasteiger partial charge in [-0.05, 0) is 211 Å². The lowest BCUT2D eigenvalue weighted by molar-refractivity contribution is -0.140. The Hall–Kier alpha value is -10.2. The lowest BCUT2D eigenvalue weighted by Gasteiger charge is -2.38. The lowest BCUT2D eigenvalue weighted by atomic mass is 9.89. The van der Waals surface area contributed by atoms with Crippen molar-refractivity contribution in [2.24, 2.45) is 0 Å². The number of benzene rings is 8. The quantitative estimate of drug-likeness (QED) is 0.0484. The number of rotatable bonds is 14. The van der Waals surface area contributed by atoms with Crippen molar-refractivity contribution in [2.75, 3.05) is 86.2 Å². The number of fused-ring (bicyclic) bond motifs is 12. The molecule has 0 bridgehead atoms. The zero-order valence-corrected chi connectivity index (χ0v) is 77.4. The highest BCUT2D eigenvalue weighted by molar-refractivity contribution is 9.11. The predicted octanol–water partition coefficient (Wildman–Crippen LogP) is 16.6. The zero-order valence-electron chi connectivity index (χ0n) is 70.3. The first-order valence-electron chi connectivity index (χ1n) is 42.5. The van der Waals surface area contributed by atoms with Crippen LogP contribution in [0, 0.1) is 6.92 Å². The number of carbonyl (C=O) groups excluding carboxylic acids is 5. The van der Waals surface area contributed by atoms with Crippen molar-refractivity contribution in [3.63, 3.8) is 0 Å². The number of nitrogens with one attached hydrogen (secondary N) is 10. The SMILES string of the molecule is COc1ccc(C2NC(C(=O)N3CCN(C(C)=O)CC3)Cc3c2[nH]c2ccc(Br)cc32)cc1.COc1ccc(C2NC(C(=O)N3CCOCC3)Cc3c2[nH]c2ccc(Br)cc32)cc1.COc1ccc(C2NC(C(=O)NC3CCCCC3)Cc3c2[nH]c2ccc(Br)cc32)cc1.COc1ccc(C2NC(C(=O)Nc3ncc(C)s3)Cc3c2[nH]c2ccc(Br)cc32)cc1. The fourth-order valence-corrected chi connectivity index (χ4v) is 20.6. The highest BCUT2D eigenvalue weighted by atomic mass is 79.9. The van der Waals surface area contributed by atoms with E-state index >= 15 is 0 Å². The summed E-state index contributed by atoms with van der Waals surface area (Å²) in [6.07, 6.45) is 10.2. The molecule has 0 radical (unpaired) electrons. The molecule has 10 N–H and O–H groups in total. The van der Waals surface area contributed by atoms with E-state index in [0.717, 1.165) is 142 Å². The Morgan fingerprint density at radius 1 is 0.416 bits per heavy atom. The summed E-state index contributed by atoms with van der Waals surface area (Å²) in [5.41, 5.74) is 17.9. The number of ether oxygens (including phenoxy) is 5. The molecule has 11 heterocycles. The van der Waals surface area contributed by atoms with Crippen LogP contribution in [0.3, 0.4) is 0 Å². The Kier molecular flexibility index (Phi) is 26.8. The van der Waals surface area contributed by atoms with Crippen molar-refractivity contribution < 1.29 is 47.7 Å². The number of nitrogens with zero attached hydrogens (tertiary/aromatic N) is 4. The highest BCUT2D eigenvalue weighted by Crippen LogP contribution is 2.43. The summed E-state index contributed by atoms with van der Waals surface area (Å²) in [7, 11) is 6.65. The van der Waals surface area contributed by atoms with Gasteiger partial charge in [0.25, 0.3) is 0 Å². The number of H-pyrrole nitrogens is 4. The van der Waals surface area contributed by atoms with Crippen molar-refractivity contribution in [3.05, 3.63) is 266 Å². The van der Waals surface area contributed by atoms with E-state index in [1.807, 2.05) is 114 Å². The van der Waals surface area contributed by atoms with Crippen molar-refractivity contribution in [3.8, 4) is 23.0 Å². The van der Waals surface area contributed by atoms with Crippen LogP contribution in [0.4, 0.5) is 5.13 Å². The summed E-state index contributed by atoms with van der Waals surface area (Å²) in [5, 5.41) is 25.9. The van der Waals surface area contributed by atoms with Gasteiger partial charge in [-0.2, -0.15) is 0 Å². The molecule has 2 saturated heterocycles. The summed E-state index contributed by atoms with van der Waals surface area (Å²) in [5.74, 6) is 3.57.